The fourth-order valence-corrected chi connectivity index (χ4v) is 2.54. The van der Waals surface area contributed by atoms with Crippen molar-refractivity contribution >= 4 is 0 Å². The molecule has 0 spiro atoms. The van der Waals surface area contributed by atoms with Gasteiger partial charge in [0.15, 0.2) is 17.8 Å². The molecule has 0 aliphatic carbocycles. The van der Waals surface area contributed by atoms with Gasteiger partial charge < -0.3 is 0 Å². The molecule has 0 fully saturated rings. The van der Waals surface area contributed by atoms with E-state index in [1.54, 1.807) is 0 Å². The summed E-state index contributed by atoms with van der Waals surface area (Å²) in [6.45, 7) is 0. The van der Waals surface area contributed by atoms with Gasteiger partial charge in [-0.3, -0.25) is 0 Å². The number of aryl methyl sites for hydroxylation is 1. The fourth-order valence-electron chi connectivity index (χ4n) is 2.54. The van der Waals surface area contributed by atoms with Crippen LogP contribution in [0.4, 0.5) is 17.6 Å². The Labute approximate surface area is 118 Å². The smallest absolute Gasteiger partial charge is 0.239 e. The van der Waals surface area contributed by atoms with Crippen LogP contribution in [-0.2, 0) is 6.42 Å². The zero-order valence-corrected chi connectivity index (χ0v) is 11.0. The van der Waals surface area contributed by atoms with E-state index in [9.17, 15) is 17.6 Å². The van der Waals surface area contributed by atoms with E-state index in [2.05, 4.69) is 10.1 Å². The van der Waals surface area contributed by atoms with Crippen molar-refractivity contribution in [2.24, 2.45) is 0 Å². The zero-order valence-electron chi connectivity index (χ0n) is 11.0. The molecule has 2 atom stereocenters. The number of alkyl halides is 4. The van der Waals surface area contributed by atoms with Crippen LogP contribution < -0.4 is 0 Å². The molecule has 3 rings (SSSR count). The van der Waals surface area contributed by atoms with E-state index < -0.39 is 18.8 Å². The number of aromatic nitrogens is 3. The normalized spacial score (nSPS) is 21.5. The van der Waals surface area contributed by atoms with Crippen LogP contribution in [0.5, 0.6) is 0 Å². The van der Waals surface area contributed by atoms with Crippen LogP contribution in [-0.4, -0.2) is 20.9 Å². The summed E-state index contributed by atoms with van der Waals surface area (Å²) in [4.78, 5) is 3.93. The summed E-state index contributed by atoms with van der Waals surface area (Å²) in [7, 11) is 0. The Kier molecular flexibility index (Phi) is 3.43. The minimum Gasteiger partial charge on any atom is -0.239 e. The lowest BCUT2D eigenvalue weighted by atomic mass is 10.0. The standard InChI is InChI=1S/C14H13F4N3/c15-10-8-11(9-4-2-1-3-5-9)21-13(10)19-12(20-21)6-7-14(16,17)18/h1-5,10-11H,6-8H2. The second-order valence-electron chi connectivity index (χ2n) is 5.08. The molecule has 112 valence electrons. The third-order valence-electron chi connectivity index (χ3n) is 3.52. The molecule has 0 amide bonds. The van der Waals surface area contributed by atoms with Crippen LogP contribution in [0.15, 0.2) is 30.3 Å². The van der Waals surface area contributed by atoms with Gasteiger partial charge in [0.25, 0.3) is 0 Å². The Balaban J connectivity index is 1.84. The van der Waals surface area contributed by atoms with Crippen molar-refractivity contribution in [3.63, 3.8) is 0 Å². The SMILES string of the molecule is FC1CC(c2ccccc2)n2nc(CCC(F)(F)F)nc21. The Hall–Kier alpha value is -1.92. The number of halogens is 4. The van der Waals surface area contributed by atoms with E-state index >= 15 is 0 Å². The van der Waals surface area contributed by atoms with Gasteiger partial charge in [-0.25, -0.2) is 14.1 Å². The van der Waals surface area contributed by atoms with Gasteiger partial charge in [0.05, 0.1) is 12.5 Å². The van der Waals surface area contributed by atoms with E-state index in [1.165, 1.54) is 4.68 Å². The molecule has 0 radical (unpaired) electrons. The summed E-state index contributed by atoms with van der Waals surface area (Å²) in [5.74, 6) is 0.173. The quantitative estimate of drug-likeness (QED) is 0.808. The first-order valence-electron chi connectivity index (χ1n) is 6.65. The molecule has 2 unspecified atom stereocenters. The van der Waals surface area contributed by atoms with E-state index in [4.69, 9.17) is 0 Å². The van der Waals surface area contributed by atoms with Crippen LogP contribution in [0, 0.1) is 0 Å². The van der Waals surface area contributed by atoms with Crippen molar-refractivity contribution in [3.05, 3.63) is 47.5 Å². The van der Waals surface area contributed by atoms with E-state index in [0.717, 1.165) is 5.56 Å². The lowest BCUT2D eigenvalue weighted by Crippen LogP contribution is -2.11. The molecule has 1 aliphatic rings. The van der Waals surface area contributed by atoms with Crippen molar-refractivity contribution in [3.8, 4) is 0 Å². The highest BCUT2D eigenvalue weighted by molar-refractivity contribution is 5.23. The van der Waals surface area contributed by atoms with Gasteiger partial charge in [0, 0.05) is 12.8 Å². The molecular weight excluding hydrogens is 286 g/mol. The first-order valence-corrected chi connectivity index (χ1v) is 6.65. The summed E-state index contributed by atoms with van der Waals surface area (Å²) in [5, 5.41) is 4.07. The minimum absolute atomic E-state index is 0.0469. The van der Waals surface area contributed by atoms with Crippen molar-refractivity contribution in [1.29, 1.82) is 0 Å². The predicted molar refractivity (Wildman–Crippen MR) is 67.4 cm³/mol. The summed E-state index contributed by atoms with van der Waals surface area (Å²) in [5.41, 5.74) is 0.881. The molecule has 1 aromatic heterocycles. The van der Waals surface area contributed by atoms with Crippen LogP contribution in [0.2, 0.25) is 0 Å². The Bertz CT molecular complexity index is 621. The van der Waals surface area contributed by atoms with Gasteiger partial charge in [-0.2, -0.15) is 18.3 Å². The highest BCUT2D eigenvalue weighted by Gasteiger charge is 2.36. The van der Waals surface area contributed by atoms with Gasteiger partial charge in [-0.1, -0.05) is 30.3 Å². The van der Waals surface area contributed by atoms with Crippen molar-refractivity contribution in [1.82, 2.24) is 14.8 Å². The molecule has 0 saturated carbocycles. The molecule has 2 heterocycles. The number of fused-ring (bicyclic) bond motifs is 1. The highest BCUT2D eigenvalue weighted by Crippen LogP contribution is 2.39. The van der Waals surface area contributed by atoms with E-state index in [0.29, 0.717) is 0 Å². The van der Waals surface area contributed by atoms with Gasteiger partial charge in [-0.05, 0) is 5.56 Å². The molecule has 3 nitrogen and oxygen atoms in total. The van der Waals surface area contributed by atoms with Gasteiger partial charge in [-0.15, -0.1) is 0 Å². The molecule has 1 aliphatic heterocycles. The van der Waals surface area contributed by atoms with Crippen LogP contribution in [0.25, 0.3) is 0 Å². The van der Waals surface area contributed by atoms with Crippen LogP contribution in [0.3, 0.4) is 0 Å². The molecule has 21 heavy (non-hydrogen) atoms. The Morgan fingerprint density at radius 3 is 2.57 bits per heavy atom. The maximum atomic E-state index is 14.0. The van der Waals surface area contributed by atoms with E-state index in [1.807, 2.05) is 30.3 Å². The minimum atomic E-state index is -4.26. The summed E-state index contributed by atoms with van der Waals surface area (Å²) in [6.07, 6.45) is -6.65. The van der Waals surface area contributed by atoms with Gasteiger partial charge in [0.2, 0.25) is 0 Å². The Morgan fingerprint density at radius 2 is 1.90 bits per heavy atom. The first kappa shape index (κ1) is 14.0. The van der Waals surface area contributed by atoms with Crippen molar-refractivity contribution in [2.45, 2.75) is 37.7 Å². The second-order valence-corrected chi connectivity index (χ2v) is 5.08. The van der Waals surface area contributed by atoms with Crippen molar-refractivity contribution in [2.75, 3.05) is 0 Å². The van der Waals surface area contributed by atoms with Crippen LogP contribution in [0.1, 0.15) is 42.3 Å². The van der Waals surface area contributed by atoms with Gasteiger partial charge in [0.1, 0.15) is 0 Å². The third kappa shape index (κ3) is 2.91. The largest absolute Gasteiger partial charge is 0.389 e. The molecule has 7 heteroatoms. The number of hydrogen-bond donors (Lipinski definition) is 0. The summed E-state index contributed by atoms with van der Waals surface area (Å²) < 4.78 is 52.1. The topological polar surface area (TPSA) is 30.7 Å². The molecule has 2 aromatic rings. The highest BCUT2D eigenvalue weighted by atomic mass is 19.4. The van der Waals surface area contributed by atoms with Crippen LogP contribution >= 0.6 is 0 Å². The average Bonchev–Trinajstić information content (AvgIpc) is 2.98. The fraction of sp³-hybridized carbons (Fsp3) is 0.429. The monoisotopic (exact) mass is 299 g/mol. The first-order chi connectivity index (χ1) is 9.94. The number of hydrogen-bond acceptors (Lipinski definition) is 2. The van der Waals surface area contributed by atoms with Crippen molar-refractivity contribution < 1.29 is 17.6 Å². The predicted octanol–water partition coefficient (Wildman–Crippen LogP) is 3.78. The molecule has 0 bridgehead atoms. The molecule has 1 aromatic carbocycles. The average molecular weight is 299 g/mol. The molecular formula is C14H13F4N3. The summed E-state index contributed by atoms with van der Waals surface area (Å²) in [6, 6.07) is 8.92. The summed E-state index contributed by atoms with van der Waals surface area (Å²) >= 11 is 0. The second kappa shape index (κ2) is 5.13. The Morgan fingerprint density at radius 1 is 1.19 bits per heavy atom. The number of rotatable bonds is 3. The van der Waals surface area contributed by atoms with Gasteiger partial charge >= 0.3 is 6.18 Å². The third-order valence-corrected chi connectivity index (χ3v) is 3.52. The maximum absolute atomic E-state index is 14.0. The number of nitrogens with zero attached hydrogens (tertiary/aromatic N) is 3. The maximum Gasteiger partial charge on any atom is 0.389 e. The molecule has 0 saturated heterocycles. The van der Waals surface area contributed by atoms with E-state index in [-0.39, 0.29) is 30.5 Å². The zero-order chi connectivity index (χ0) is 15.0. The molecule has 0 N–H and O–H groups in total. The lowest BCUT2D eigenvalue weighted by molar-refractivity contribution is -0.134. The number of benzene rings is 1. The lowest BCUT2D eigenvalue weighted by Gasteiger charge is -2.11.